The van der Waals surface area contributed by atoms with Gasteiger partial charge in [-0.1, -0.05) is 27.7 Å². The quantitative estimate of drug-likeness (QED) is 0.741. The molecule has 0 unspecified atom stereocenters. The van der Waals surface area contributed by atoms with Gasteiger partial charge in [0.05, 0.1) is 0 Å². The first kappa shape index (κ1) is 12.8. The molecule has 0 heterocycles. The molecule has 0 aliphatic carbocycles. The number of benzene rings is 1. The van der Waals surface area contributed by atoms with Crippen molar-refractivity contribution in [1.29, 1.82) is 5.41 Å². The van der Waals surface area contributed by atoms with E-state index >= 15 is 0 Å². The molecule has 0 saturated heterocycles. The number of hydrogen-bond donors (Lipinski definition) is 2. The monoisotopic (exact) mass is 219 g/mol. The number of phenols is 1. The molecule has 0 bridgehead atoms. The Morgan fingerprint density at radius 1 is 1.06 bits per heavy atom. The third kappa shape index (κ3) is 2.43. The molecule has 0 radical (unpaired) electrons. The van der Waals surface area contributed by atoms with Gasteiger partial charge in [0.25, 0.3) is 0 Å². The van der Waals surface area contributed by atoms with E-state index < -0.39 is 0 Å². The van der Waals surface area contributed by atoms with Crippen LogP contribution in [0.15, 0.2) is 12.1 Å². The Balaban J connectivity index is 3.45. The second-order valence-electron chi connectivity index (χ2n) is 4.94. The van der Waals surface area contributed by atoms with Crippen LogP contribution in [0.1, 0.15) is 63.1 Å². The first-order valence-electron chi connectivity index (χ1n) is 5.77. The summed E-state index contributed by atoms with van der Waals surface area (Å²) in [5.74, 6) is 0.948. The van der Waals surface area contributed by atoms with E-state index in [1.54, 1.807) is 6.92 Å². The summed E-state index contributed by atoms with van der Waals surface area (Å²) in [4.78, 5) is 0. The van der Waals surface area contributed by atoms with E-state index in [0.29, 0.717) is 11.5 Å². The standard InChI is InChI=1S/C14H21NO/c1-8(2)12-6-11(10(5)15)7-13(9(3)4)14(12)16/h6-9,15-16H,1-5H3. The first-order valence-corrected chi connectivity index (χ1v) is 5.77. The average Bonchev–Trinajstić information content (AvgIpc) is 2.16. The molecular weight excluding hydrogens is 198 g/mol. The van der Waals surface area contributed by atoms with E-state index in [4.69, 9.17) is 5.41 Å². The van der Waals surface area contributed by atoms with Crippen molar-refractivity contribution in [3.8, 4) is 5.75 Å². The predicted octanol–water partition coefficient (Wildman–Crippen LogP) is 4.03. The second-order valence-corrected chi connectivity index (χ2v) is 4.94. The average molecular weight is 219 g/mol. The van der Waals surface area contributed by atoms with Gasteiger partial charge in [0.1, 0.15) is 5.75 Å². The van der Waals surface area contributed by atoms with Gasteiger partial charge < -0.3 is 10.5 Å². The van der Waals surface area contributed by atoms with Crippen molar-refractivity contribution in [3.63, 3.8) is 0 Å². The van der Waals surface area contributed by atoms with Crippen molar-refractivity contribution < 1.29 is 5.11 Å². The molecule has 0 spiro atoms. The van der Waals surface area contributed by atoms with Crippen LogP contribution < -0.4 is 0 Å². The van der Waals surface area contributed by atoms with Gasteiger partial charge in [-0.15, -0.1) is 0 Å². The summed E-state index contributed by atoms with van der Waals surface area (Å²) in [6.07, 6.45) is 0. The van der Waals surface area contributed by atoms with Gasteiger partial charge in [0.2, 0.25) is 0 Å². The lowest BCUT2D eigenvalue weighted by Gasteiger charge is -2.17. The Hall–Kier alpha value is -1.31. The van der Waals surface area contributed by atoms with Crippen LogP contribution >= 0.6 is 0 Å². The number of phenolic OH excluding ortho intramolecular Hbond substituents is 1. The normalized spacial score (nSPS) is 11.2. The molecule has 2 heteroatoms. The SMILES string of the molecule is CC(=N)c1cc(C(C)C)c(O)c(C(C)C)c1. The smallest absolute Gasteiger partial charge is 0.122 e. The van der Waals surface area contributed by atoms with Gasteiger partial charge in [-0.2, -0.15) is 0 Å². The Kier molecular flexibility index (Phi) is 3.74. The highest BCUT2D eigenvalue weighted by Crippen LogP contribution is 2.34. The number of rotatable bonds is 3. The summed E-state index contributed by atoms with van der Waals surface area (Å²) in [5, 5.41) is 17.9. The summed E-state index contributed by atoms with van der Waals surface area (Å²) in [5.41, 5.74) is 3.33. The zero-order chi connectivity index (χ0) is 12.5. The molecule has 1 aromatic carbocycles. The Morgan fingerprint density at radius 2 is 1.44 bits per heavy atom. The minimum absolute atomic E-state index is 0.275. The molecule has 0 aromatic heterocycles. The Morgan fingerprint density at radius 3 is 1.69 bits per heavy atom. The summed E-state index contributed by atoms with van der Waals surface area (Å²) >= 11 is 0. The maximum atomic E-state index is 10.2. The number of nitrogens with one attached hydrogen (secondary N) is 1. The van der Waals surface area contributed by atoms with Crippen LogP contribution in [0.2, 0.25) is 0 Å². The molecule has 0 saturated carbocycles. The molecule has 1 rings (SSSR count). The van der Waals surface area contributed by atoms with Crippen LogP contribution in [0.3, 0.4) is 0 Å². The lowest BCUT2D eigenvalue weighted by molar-refractivity contribution is 0.454. The van der Waals surface area contributed by atoms with E-state index in [9.17, 15) is 5.11 Å². The minimum atomic E-state index is 0.275. The lowest BCUT2D eigenvalue weighted by Crippen LogP contribution is -2.01. The zero-order valence-corrected chi connectivity index (χ0v) is 10.8. The fourth-order valence-corrected chi connectivity index (χ4v) is 1.78. The molecule has 0 aliphatic heterocycles. The van der Waals surface area contributed by atoms with E-state index in [1.165, 1.54) is 0 Å². The maximum absolute atomic E-state index is 10.2. The second kappa shape index (κ2) is 4.69. The molecule has 2 N–H and O–H groups in total. The predicted molar refractivity (Wildman–Crippen MR) is 68.8 cm³/mol. The van der Waals surface area contributed by atoms with Crippen LogP contribution in [0.25, 0.3) is 0 Å². The Labute approximate surface area is 97.8 Å². The largest absolute Gasteiger partial charge is 0.507 e. The summed E-state index contributed by atoms with van der Waals surface area (Å²) in [7, 11) is 0. The lowest BCUT2D eigenvalue weighted by atomic mass is 9.90. The molecule has 0 amide bonds. The van der Waals surface area contributed by atoms with E-state index in [-0.39, 0.29) is 11.8 Å². The molecule has 16 heavy (non-hydrogen) atoms. The maximum Gasteiger partial charge on any atom is 0.122 e. The third-order valence-electron chi connectivity index (χ3n) is 2.85. The summed E-state index contributed by atoms with van der Waals surface area (Å²) in [6, 6.07) is 3.85. The van der Waals surface area contributed by atoms with Crippen molar-refractivity contribution in [2.45, 2.75) is 46.5 Å². The van der Waals surface area contributed by atoms with Crippen molar-refractivity contribution in [2.75, 3.05) is 0 Å². The highest BCUT2D eigenvalue weighted by Gasteiger charge is 2.15. The van der Waals surface area contributed by atoms with Crippen molar-refractivity contribution in [2.24, 2.45) is 0 Å². The molecule has 1 aromatic rings. The minimum Gasteiger partial charge on any atom is -0.507 e. The van der Waals surface area contributed by atoms with Gasteiger partial charge in [-0.3, -0.25) is 0 Å². The van der Waals surface area contributed by atoms with Crippen LogP contribution in [0, 0.1) is 5.41 Å². The summed E-state index contributed by atoms with van der Waals surface area (Å²) < 4.78 is 0. The molecule has 0 aliphatic rings. The highest BCUT2D eigenvalue weighted by atomic mass is 16.3. The van der Waals surface area contributed by atoms with Gasteiger partial charge >= 0.3 is 0 Å². The Bertz CT molecular complexity index is 376. The molecule has 2 nitrogen and oxygen atoms in total. The van der Waals surface area contributed by atoms with E-state index in [2.05, 4.69) is 27.7 Å². The van der Waals surface area contributed by atoms with Gasteiger partial charge in [0.15, 0.2) is 0 Å². The van der Waals surface area contributed by atoms with Gasteiger partial charge in [-0.05, 0) is 47.6 Å². The number of aromatic hydroxyl groups is 1. The van der Waals surface area contributed by atoms with Crippen LogP contribution in [0.4, 0.5) is 0 Å². The fourth-order valence-electron chi connectivity index (χ4n) is 1.78. The van der Waals surface area contributed by atoms with E-state index in [1.807, 2.05) is 12.1 Å². The van der Waals surface area contributed by atoms with Gasteiger partial charge in [-0.25, -0.2) is 0 Å². The third-order valence-corrected chi connectivity index (χ3v) is 2.85. The molecule has 88 valence electrons. The van der Waals surface area contributed by atoms with Crippen molar-refractivity contribution in [1.82, 2.24) is 0 Å². The first-order chi connectivity index (χ1) is 7.34. The van der Waals surface area contributed by atoms with Crippen LogP contribution in [-0.4, -0.2) is 10.8 Å². The highest BCUT2D eigenvalue weighted by molar-refractivity contribution is 5.96. The van der Waals surface area contributed by atoms with Crippen LogP contribution in [-0.2, 0) is 0 Å². The summed E-state index contributed by atoms with van der Waals surface area (Å²) in [6.45, 7) is 10.0. The topological polar surface area (TPSA) is 44.1 Å². The number of hydrogen-bond acceptors (Lipinski definition) is 2. The van der Waals surface area contributed by atoms with Crippen molar-refractivity contribution in [3.05, 3.63) is 28.8 Å². The van der Waals surface area contributed by atoms with E-state index in [0.717, 1.165) is 16.7 Å². The zero-order valence-electron chi connectivity index (χ0n) is 10.8. The fraction of sp³-hybridized carbons (Fsp3) is 0.500. The molecule has 0 atom stereocenters. The van der Waals surface area contributed by atoms with Crippen molar-refractivity contribution >= 4 is 5.71 Å². The van der Waals surface area contributed by atoms with Crippen LogP contribution in [0.5, 0.6) is 5.75 Å². The molecular formula is C14H21NO. The van der Waals surface area contributed by atoms with Gasteiger partial charge in [0, 0.05) is 5.71 Å². The molecule has 0 fully saturated rings.